The molecule has 1 unspecified atom stereocenters. The molecular weight excluding hydrogens is 414 g/mol. The van der Waals surface area contributed by atoms with Crippen molar-refractivity contribution in [3.63, 3.8) is 0 Å². The molecule has 0 aromatic rings. The van der Waals surface area contributed by atoms with Gasteiger partial charge in [-0.25, -0.2) is 0 Å². The van der Waals surface area contributed by atoms with E-state index in [1.165, 1.54) is 51.4 Å². The third-order valence-corrected chi connectivity index (χ3v) is 6.33. The first-order valence-corrected chi connectivity index (χ1v) is 14.0. The minimum Gasteiger partial charge on any atom is -0.372 e. The number of hydrogen-bond acceptors (Lipinski definition) is 4. The van der Waals surface area contributed by atoms with Crippen LogP contribution >= 0.6 is 0 Å². The first-order valence-electron chi connectivity index (χ1n) is 14.0. The molecule has 1 fully saturated rings. The highest BCUT2D eigenvalue weighted by molar-refractivity contribution is 5.76. The van der Waals surface area contributed by atoms with Crippen molar-refractivity contribution in [2.24, 2.45) is 0 Å². The number of rotatable bonds is 24. The number of hydrogen-bond donors (Lipinski definition) is 2. The number of nitrogens with one attached hydrogen (secondary N) is 2. The van der Waals surface area contributed by atoms with Gasteiger partial charge in [-0.3, -0.25) is 9.59 Å². The van der Waals surface area contributed by atoms with E-state index in [1.54, 1.807) is 0 Å². The maximum absolute atomic E-state index is 12.0. The summed E-state index contributed by atoms with van der Waals surface area (Å²) in [5.41, 5.74) is 0. The van der Waals surface area contributed by atoms with Crippen LogP contribution in [0.1, 0.15) is 117 Å². The number of unbranched alkanes of at least 4 members (excludes halogenated alkanes) is 10. The summed E-state index contributed by atoms with van der Waals surface area (Å²) in [4.78, 5) is 26.4. The fraction of sp³-hybridized carbons (Fsp3) is 0.926. The van der Waals surface area contributed by atoms with Crippen LogP contribution in [0.2, 0.25) is 0 Å². The van der Waals surface area contributed by atoms with Crippen molar-refractivity contribution >= 4 is 11.8 Å². The molecule has 0 saturated carbocycles. The molecule has 1 heterocycles. The summed E-state index contributed by atoms with van der Waals surface area (Å²) in [6, 6.07) is 0. The number of carbonyl (C=O) groups excluding carboxylic acids is 2. The van der Waals surface area contributed by atoms with E-state index < -0.39 is 0 Å². The Morgan fingerprint density at radius 1 is 0.697 bits per heavy atom. The first kappa shape index (κ1) is 29.9. The van der Waals surface area contributed by atoms with E-state index in [0.717, 1.165) is 77.9 Å². The van der Waals surface area contributed by atoms with E-state index >= 15 is 0 Å². The average Bonchev–Trinajstić information content (AvgIpc) is 3.62. The Balaban J connectivity index is 2.02. The zero-order valence-electron chi connectivity index (χ0n) is 21.8. The molecular formula is C27H53N3O3. The predicted octanol–water partition coefficient (Wildman–Crippen LogP) is 5.20. The van der Waals surface area contributed by atoms with Crippen LogP contribution in [0.4, 0.5) is 0 Å². The fourth-order valence-corrected chi connectivity index (χ4v) is 4.13. The molecule has 0 radical (unpaired) electrons. The van der Waals surface area contributed by atoms with Crippen molar-refractivity contribution in [2.75, 3.05) is 39.3 Å². The van der Waals surface area contributed by atoms with E-state index in [-0.39, 0.29) is 11.8 Å². The molecule has 1 rings (SSSR count). The van der Waals surface area contributed by atoms with E-state index in [2.05, 4.69) is 29.4 Å². The van der Waals surface area contributed by atoms with Gasteiger partial charge in [0.1, 0.15) is 0 Å². The van der Waals surface area contributed by atoms with Gasteiger partial charge in [0.2, 0.25) is 11.8 Å². The smallest absolute Gasteiger partial charge is 0.219 e. The molecule has 194 valence electrons. The number of amides is 2. The molecule has 6 heteroatoms. The van der Waals surface area contributed by atoms with Crippen molar-refractivity contribution < 1.29 is 14.3 Å². The van der Waals surface area contributed by atoms with Crippen molar-refractivity contribution in [2.45, 2.75) is 123 Å². The zero-order valence-corrected chi connectivity index (χ0v) is 21.8. The van der Waals surface area contributed by atoms with Crippen molar-refractivity contribution in [1.29, 1.82) is 0 Å². The second-order valence-corrected chi connectivity index (χ2v) is 9.70. The molecule has 0 aliphatic carbocycles. The lowest BCUT2D eigenvalue weighted by Gasteiger charge is -2.21. The summed E-state index contributed by atoms with van der Waals surface area (Å²) in [6.07, 6.45) is 18.2. The molecule has 2 amide bonds. The van der Waals surface area contributed by atoms with Gasteiger partial charge < -0.3 is 20.3 Å². The van der Waals surface area contributed by atoms with E-state index in [4.69, 9.17) is 4.74 Å². The van der Waals surface area contributed by atoms with Gasteiger partial charge in [0.25, 0.3) is 0 Å². The molecule has 1 aliphatic rings. The summed E-state index contributed by atoms with van der Waals surface area (Å²) in [5, 5.41) is 6.15. The lowest BCUT2D eigenvalue weighted by molar-refractivity contribution is -0.122. The van der Waals surface area contributed by atoms with Crippen molar-refractivity contribution in [1.82, 2.24) is 15.5 Å². The molecule has 0 aromatic carbocycles. The van der Waals surface area contributed by atoms with Crippen molar-refractivity contribution in [3.8, 4) is 0 Å². The molecule has 6 nitrogen and oxygen atoms in total. The van der Waals surface area contributed by atoms with Crippen LogP contribution in [0.5, 0.6) is 0 Å². The first-order chi connectivity index (χ1) is 16.2. The van der Waals surface area contributed by atoms with Gasteiger partial charge in [0.05, 0.1) is 12.7 Å². The summed E-state index contributed by atoms with van der Waals surface area (Å²) in [6.45, 7) is 9.67. The SMILES string of the molecule is CCCCCCCCC(=O)NCCCN(CCCNC(=O)CCCCCCCC)CC1CO1. The minimum absolute atomic E-state index is 0.190. The van der Waals surface area contributed by atoms with Gasteiger partial charge in [-0.15, -0.1) is 0 Å². The van der Waals surface area contributed by atoms with E-state index in [1.807, 2.05) is 0 Å². The summed E-state index contributed by atoms with van der Waals surface area (Å²) < 4.78 is 5.41. The summed E-state index contributed by atoms with van der Waals surface area (Å²) >= 11 is 0. The highest BCUT2D eigenvalue weighted by atomic mass is 16.6. The standard InChI is InChI=1S/C27H53N3O3/c1-3-5-7-9-11-13-17-26(31)28-19-15-21-30(23-25-24-33-25)22-16-20-29-27(32)18-14-12-10-8-6-4-2/h25H,3-24H2,1-2H3,(H,28,31)(H,29,32). The van der Waals surface area contributed by atoms with Crippen LogP contribution in [0, 0.1) is 0 Å². The second-order valence-electron chi connectivity index (χ2n) is 9.70. The minimum atomic E-state index is 0.190. The fourth-order valence-electron chi connectivity index (χ4n) is 4.13. The molecule has 0 aromatic heterocycles. The van der Waals surface area contributed by atoms with Gasteiger partial charge in [-0.1, -0.05) is 78.1 Å². The molecule has 33 heavy (non-hydrogen) atoms. The van der Waals surface area contributed by atoms with E-state index in [9.17, 15) is 9.59 Å². The highest BCUT2D eigenvalue weighted by Crippen LogP contribution is 2.12. The second kappa shape index (κ2) is 21.4. The maximum atomic E-state index is 12.0. The Kier molecular flexibility index (Phi) is 19.4. The Labute approximate surface area is 204 Å². The molecule has 0 bridgehead atoms. The lowest BCUT2D eigenvalue weighted by atomic mass is 10.1. The molecule has 1 saturated heterocycles. The average molecular weight is 468 g/mol. The molecule has 2 N–H and O–H groups in total. The van der Waals surface area contributed by atoms with Crippen LogP contribution < -0.4 is 10.6 Å². The third-order valence-electron chi connectivity index (χ3n) is 6.33. The molecule has 1 atom stereocenters. The van der Waals surface area contributed by atoms with Crippen LogP contribution in [-0.4, -0.2) is 62.1 Å². The van der Waals surface area contributed by atoms with Crippen LogP contribution in [0.25, 0.3) is 0 Å². The summed E-state index contributed by atoms with van der Waals surface area (Å²) in [7, 11) is 0. The van der Waals surface area contributed by atoms with Gasteiger partial charge in [0, 0.05) is 32.5 Å². The highest BCUT2D eigenvalue weighted by Gasteiger charge is 2.25. The summed E-state index contributed by atoms with van der Waals surface area (Å²) in [5.74, 6) is 0.381. The Hall–Kier alpha value is -1.14. The lowest BCUT2D eigenvalue weighted by Crippen LogP contribution is -2.34. The van der Waals surface area contributed by atoms with Crippen LogP contribution in [0.3, 0.4) is 0 Å². The Bertz CT molecular complexity index is 447. The normalized spacial score (nSPS) is 15.1. The quantitative estimate of drug-likeness (QED) is 0.151. The zero-order chi connectivity index (χ0) is 24.0. The molecule has 0 spiro atoms. The monoisotopic (exact) mass is 467 g/mol. The third kappa shape index (κ3) is 20.0. The maximum Gasteiger partial charge on any atom is 0.219 e. The predicted molar refractivity (Wildman–Crippen MR) is 137 cm³/mol. The largest absolute Gasteiger partial charge is 0.372 e. The van der Waals surface area contributed by atoms with Crippen LogP contribution in [-0.2, 0) is 14.3 Å². The number of ether oxygens (including phenoxy) is 1. The van der Waals surface area contributed by atoms with Gasteiger partial charge in [0.15, 0.2) is 0 Å². The number of nitrogens with zero attached hydrogens (tertiary/aromatic N) is 1. The Morgan fingerprint density at radius 3 is 1.55 bits per heavy atom. The van der Waals surface area contributed by atoms with Crippen molar-refractivity contribution in [3.05, 3.63) is 0 Å². The van der Waals surface area contributed by atoms with Gasteiger partial charge in [-0.2, -0.15) is 0 Å². The topological polar surface area (TPSA) is 74.0 Å². The Morgan fingerprint density at radius 2 is 1.12 bits per heavy atom. The number of carbonyl (C=O) groups is 2. The van der Waals surface area contributed by atoms with E-state index in [0.29, 0.717) is 18.9 Å². The molecule has 1 aliphatic heterocycles. The van der Waals surface area contributed by atoms with Gasteiger partial charge >= 0.3 is 0 Å². The van der Waals surface area contributed by atoms with Gasteiger partial charge in [-0.05, 0) is 38.8 Å². The number of epoxide rings is 1. The van der Waals surface area contributed by atoms with Crippen LogP contribution in [0.15, 0.2) is 0 Å².